The molecule has 168 valence electrons. The molecule has 1 N–H and O–H groups in total. The van der Waals surface area contributed by atoms with E-state index in [1.165, 1.54) is 17.5 Å². The molecule has 4 rings (SSSR count). The highest BCUT2D eigenvalue weighted by molar-refractivity contribution is 14.0. The predicted molar refractivity (Wildman–Crippen MR) is 137 cm³/mol. The fraction of sp³-hybridized carbons (Fsp3) is 0.500. The van der Waals surface area contributed by atoms with Gasteiger partial charge in [0.05, 0.1) is 19.8 Å². The van der Waals surface area contributed by atoms with Crippen molar-refractivity contribution in [1.29, 1.82) is 0 Å². The van der Waals surface area contributed by atoms with Gasteiger partial charge in [-0.2, -0.15) is 0 Å². The van der Waals surface area contributed by atoms with Crippen LogP contribution in [0.25, 0.3) is 0 Å². The number of nitrogens with zero attached hydrogens (tertiary/aromatic N) is 4. The summed E-state index contributed by atoms with van der Waals surface area (Å²) in [6, 6.07) is 15.0. The molecule has 0 bridgehead atoms. The molecular weight excluding hydrogens is 501 g/mol. The van der Waals surface area contributed by atoms with Gasteiger partial charge in [-0.05, 0) is 37.3 Å². The summed E-state index contributed by atoms with van der Waals surface area (Å²) < 4.78 is 5.50. The SMILES string of the molecule is CCNC(=NCc1cccnc1N1CCOCC1)N1CCC(Cc2ccccc2)C1.I. The van der Waals surface area contributed by atoms with E-state index in [9.17, 15) is 0 Å². The number of aromatic nitrogens is 1. The lowest BCUT2D eigenvalue weighted by Gasteiger charge is -2.29. The summed E-state index contributed by atoms with van der Waals surface area (Å²) in [5.74, 6) is 2.74. The summed E-state index contributed by atoms with van der Waals surface area (Å²) in [7, 11) is 0. The molecule has 2 fully saturated rings. The van der Waals surface area contributed by atoms with Crippen molar-refractivity contribution in [2.24, 2.45) is 10.9 Å². The number of halogens is 1. The van der Waals surface area contributed by atoms with Crippen LogP contribution in [0.4, 0.5) is 5.82 Å². The van der Waals surface area contributed by atoms with Gasteiger partial charge in [-0.15, -0.1) is 24.0 Å². The number of likely N-dealkylation sites (tertiary alicyclic amines) is 1. The molecule has 2 aliphatic heterocycles. The van der Waals surface area contributed by atoms with Crippen molar-refractivity contribution in [2.75, 3.05) is 50.8 Å². The lowest BCUT2D eigenvalue weighted by molar-refractivity contribution is 0.122. The highest BCUT2D eigenvalue weighted by Gasteiger charge is 2.25. The van der Waals surface area contributed by atoms with E-state index in [-0.39, 0.29) is 24.0 Å². The van der Waals surface area contributed by atoms with Gasteiger partial charge in [0.15, 0.2) is 5.96 Å². The third-order valence-electron chi connectivity index (χ3n) is 5.86. The van der Waals surface area contributed by atoms with Crippen LogP contribution in [0, 0.1) is 5.92 Å². The Bertz CT molecular complexity index is 826. The van der Waals surface area contributed by atoms with E-state index in [0.29, 0.717) is 12.5 Å². The standard InChI is InChI=1S/C24H33N5O.HI/c1-2-25-24(29-12-10-21(19-29)17-20-7-4-3-5-8-20)27-18-22-9-6-11-26-23(22)28-13-15-30-16-14-28;/h3-9,11,21H,2,10,12-19H2,1H3,(H,25,27);1H. The van der Waals surface area contributed by atoms with E-state index in [1.807, 2.05) is 12.3 Å². The number of ether oxygens (including phenoxy) is 1. The first kappa shape index (κ1) is 23.8. The fourth-order valence-electron chi connectivity index (χ4n) is 4.34. The highest BCUT2D eigenvalue weighted by Crippen LogP contribution is 2.22. The largest absolute Gasteiger partial charge is 0.378 e. The Balaban J connectivity index is 0.00000272. The number of hydrogen-bond acceptors (Lipinski definition) is 4. The molecule has 6 nitrogen and oxygen atoms in total. The molecule has 3 heterocycles. The Kier molecular flexibility index (Phi) is 9.39. The lowest BCUT2D eigenvalue weighted by atomic mass is 9.99. The summed E-state index contributed by atoms with van der Waals surface area (Å²) in [5.41, 5.74) is 2.60. The molecule has 2 saturated heterocycles. The van der Waals surface area contributed by atoms with Gasteiger partial charge in [0.25, 0.3) is 0 Å². The number of morpholine rings is 1. The molecule has 0 radical (unpaired) electrons. The quantitative estimate of drug-likeness (QED) is 0.349. The van der Waals surface area contributed by atoms with Crippen molar-refractivity contribution in [2.45, 2.75) is 26.3 Å². The van der Waals surface area contributed by atoms with Crippen molar-refractivity contribution < 1.29 is 4.74 Å². The smallest absolute Gasteiger partial charge is 0.194 e. The fourth-order valence-corrected chi connectivity index (χ4v) is 4.34. The molecule has 1 atom stereocenters. The lowest BCUT2D eigenvalue weighted by Crippen LogP contribution is -2.40. The molecule has 0 spiro atoms. The van der Waals surface area contributed by atoms with Crippen molar-refractivity contribution in [3.63, 3.8) is 0 Å². The van der Waals surface area contributed by atoms with Gasteiger partial charge in [0.1, 0.15) is 5.82 Å². The first-order chi connectivity index (χ1) is 14.8. The van der Waals surface area contributed by atoms with Crippen LogP contribution < -0.4 is 10.2 Å². The molecule has 0 aliphatic carbocycles. The summed E-state index contributed by atoms with van der Waals surface area (Å²) in [5, 5.41) is 3.50. The van der Waals surface area contributed by atoms with Crippen LogP contribution in [0.1, 0.15) is 24.5 Å². The Morgan fingerprint density at radius 2 is 1.94 bits per heavy atom. The predicted octanol–water partition coefficient (Wildman–Crippen LogP) is 3.57. The Morgan fingerprint density at radius 1 is 1.13 bits per heavy atom. The van der Waals surface area contributed by atoms with E-state index < -0.39 is 0 Å². The number of benzene rings is 1. The third kappa shape index (κ3) is 6.55. The second kappa shape index (κ2) is 12.2. The summed E-state index contributed by atoms with van der Waals surface area (Å²) >= 11 is 0. The summed E-state index contributed by atoms with van der Waals surface area (Å²) in [4.78, 5) is 14.4. The van der Waals surface area contributed by atoms with Crippen LogP contribution in [0.15, 0.2) is 53.7 Å². The van der Waals surface area contributed by atoms with Gasteiger partial charge in [-0.25, -0.2) is 9.98 Å². The molecule has 2 aromatic rings. The van der Waals surface area contributed by atoms with E-state index in [0.717, 1.165) is 64.1 Å². The number of anilines is 1. The average Bonchev–Trinajstić information content (AvgIpc) is 3.26. The first-order valence-corrected chi connectivity index (χ1v) is 11.2. The number of hydrogen-bond donors (Lipinski definition) is 1. The van der Waals surface area contributed by atoms with Crippen LogP contribution in [0.2, 0.25) is 0 Å². The molecule has 1 aromatic heterocycles. The zero-order valence-corrected chi connectivity index (χ0v) is 20.7. The van der Waals surface area contributed by atoms with Crippen LogP contribution in [-0.2, 0) is 17.7 Å². The summed E-state index contributed by atoms with van der Waals surface area (Å²) in [6.07, 6.45) is 4.23. The van der Waals surface area contributed by atoms with Crippen LogP contribution in [-0.4, -0.2) is 61.8 Å². The minimum atomic E-state index is 0. The molecule has 1 unspecified atom stereocenters. The highest BCUT2D eigenvalue weighted by atomic mass is 127. The van der Waals surface area contributed by atoms with Gasteiger partial charge in [-0.3, -0.25) is 0 Å². The normalized spacial score (nSPS) is 19.3. The van der Waals surface area contributed by atoms with Crippen molar-refractivity contribution in [3.8, 4) is 0 Å². The maximum atomic E-state index is 5.50. The summed E-state index contributed by atoms with van der Waals surface area (Å²) in [6.45, 7) is 9.08. The minimum absolute atomic E-state index is 0. The van der Waals surface area contributed by atoms with Gasteiger partial charge < -0.3 is 19.9 Å². The second-order valence-corrected chi connectivity index (χ2v) is 8.05. The monoisotopic (exact) mass is 535 g/mol. The number of aliphatic imine (C=N–C) groups is 1. The number of pyridine rings is 1. The van der Waals surface area contributed by atoms with Crippen molar-refractivity contribution >= 4 is 35.8 Å². The number of rotatable bonds is 6. The van der Waals surface area contributed by atoms with Crippen LogP contribution in [0.3, 0.4) is 0 Å². The average molecular weight is 535 g/mol. The molecule has 0 amide bonds. The molecule has 1 aromatic carbocycles. The Hall–Kier alpha value is -1.87. The maximum Gasteiger partial charge on any atom is 0.194 e. The van der Waals surface area contributed by atoms with E-state index in [4.69, 9.17) is 9.73 Å². The molecule has 0 saturated carbocycles. The van der Waals surface area contributed by atoms with E-state index >= 15 is 0 Å². The molecule has 7 heteroatoms. The molecular formula is C24H34IN5O. The van der Waals surface area contributed by atoms with E-state index in [1.54, 1.807) is 0 Å². The maximum absolute atomic E-state index is 5.50. The van der Waals surface area contributed by atoms with Gasteiger partial charge >= 0.3 is 0 Å². The topological polar surface area (TPSA) is 53.0 Å². The van der Waals surface area contributed by atoms with Gasteiger partial charge in [-0.1, -0.05) is 36.4 Å². The first-order valence-electron chi connectivity index (χ1n) is 11.2. The van der Waals surface area contributed by atoms with Crippen LogP contribution in [0.5, 0.6) is 0 Å². The second-order valence-electron chi connectivity index (χ2n) is 8.05. The third-order valence-corrected chi connectivity index (χ3v) is 5.86. The van der Waals surface area contributed by atoms with Crippen molar-refractivity contribution in [3.05, 3.63) is 59.8 Å². The van der Waals surface area contributed by atoms with Gasteiger partial charge in [0.2, 0.25) is 0 Å². The molecule has 31 heavy (non-hydrogen) atoms. The van der Waals surface area contributed by atoms with Crippen LogP contribution >= 0.6 is 24.0 Å². The van der Waals surface area contributed by atoms with Gasteiger partial charge in [0, 0.05) is 44.5 Å². The zero-order chi connectivity index (χ0) is 20.6. The zero-order valence-electron chi connectivity index (χ0n) is 18.4. The van der Waals surface area contributed by atoms with Crippen molar-refractivity contribution in [1.82, 2.24) is 15.2 Å². The minimum Gasteiger partial charge on any atom is -0.378 e. The number of guanidine groups is 1. The Labute approximate surface area is 203 Å². The Morgan fingerprint density at radius 3 is 2.71 bits per heavy atom. The number of nitrogens with one attached hydrogen (secondary N) is 1. The van der Waals surface area contributed by atoms with E-state index in [2.05, 4.69) is 63.4 Å². The molecule has 2 aliphatic rings.